The molecule has 0 saturated carbocycles. The van der Waals surface area contributed by atoms with Crippen molar-refractivity contribution in [3.05, 3.63) is 35.8 Å². The first kappa shape index (κ1) is 12.6. The van der Waals surface area contributed by atoms with Crippen LogP contribution in [0.2, 0.25) is 0 Å². The van der Waals surface area contributed by atoms with E-state index in [0.29, 0.717) is 11.1 Å². The van der Waals surface area contributed by atoms with Crippen LogP contribution in [0.5, 0.6) is 0 Å². The van der Waals surface area contributed by atoms with E-state index in [1.807, 2.05) is 0 Å². The summed E-state index contributed by atoms with van der Waals surface area (Å²) in [6.45, 7) is 6.19. The number of anilines is 1. The van der Waals surface area contributed by atoms with Crippen LogP contribution in [0.3, 0.4) is 0 Å². The molecule has 0 fully saturated rings. The number of hydrogen-bond donors (Lipinski definition) is 1. The van der Waals surface area contributed by atoms with E-state index >= 15 is 0 Å². The van der Waals surface area contributed by atoms with E-state index in [9.17, 15) is 4.39 Å². The third kappa shape index (κ3) is 2.10. The number of nitrogens with two attached hydrogens (primary N) is 1. The van der Waals surface area contributed by atoms with E-state index in [0.717, 1.165) is 12.1 Å². The fraction of sp³-hybridized carbons (Fsp3) is 0.357. The highest BCUT2D eigenvalue weighted by Crippen LogP contribution is 2.38. The molecule has 96 valence electrons. The third-order valence-corrected chi connectivity index (χ3v) is 3.36. The van der Waals surface area contributed by atoms with E-state index in [2.05, 4.69) is 25.9 Å². The Kier molecular flexibility index (Phi) is 3.11. The van der Waals surface area contributed by atoms with Gasteiger partial charge in [-0.15, -0.1) is 0 Å². The van der Waals surface area contributed by atoms with Crippen LogP contribution in [-0.2, 0) is 5.41 Å². The SMILES string of the molecule is CCC(C)(C)c1noc(N)c1-c1cccc(F)c1. The Balaban J connectivity index is 2.61. The summed E-state index contributed by atoms with van der Waals surface area (Å²) < 4.78 is 18.4. The standard InChI is InChI=1S/C14H17FN2O/c1-4-14(2,3)12-11(13(16)18-17-12)9-6-5-7-10(15)8-9/h5-8H,4,16H2,1-3H3. The van der Waals surface area contributed by atoms with Gasteiger partial charge in [0.25, 0.3) is 0 Å². The minimum Gasteiger partial charge on any atom is -0.367 e. The molecule has 0 spiro atoms. The van der Waals surface area contributed by atoms with Gasteiger partial charge in [0.1, 0.15) is 5.82 Å². The molecule has 0 atom stereocenters. The van der Waals surface area contributed by atoms with Crippen molar-refractivity contribution in [2.45, 2.75) is 32.6 Å². The van der Waals surface area contributed by atoms with Gasteiger partial charge in [0.15, 0.2) is 0 Å². The van der Waals surface area contributed by atoms with Crippen LogP contribution in [0, 0.1) is 5.82 Å². The van der Waals surface area contributed by atoms with E-state index in [1.54, 1.807) is 12.1 Å². The van der Waals surface area contributed by atoms with E-state index in [-0.39, 0.29) is 17.1 Å². The fourth-order valence-electron chi connectivity index (χ4n) is 1.86. The quantitative estimate of drug-likeness (QED) is 0.900. The lowest BCUT2D eigenvalue weighted by molar-refractivity contribution is 0.391. The van der Waals surface area contributed by atoms with Crippen LogP contribution < -0.4 is 5.73 Å². The Bertz CT molecular complexity index is 561. The highest BCUT2D eigenvalue weighted by atomic mass is 19.1. The first-order valence-electron chi connectivity index (χ1n) is 5.97. The Hall–Kier alpha value is -1.84. The first-order valence-corrected chi connectivity index (χ1v) is 5.97. The van der Waals surface area contributed by atoms with Crippen LogP contribution in [0.25, 0.3) is 11.1 Å². The molecule has 18 heavy (non-hydrogen) atoms. The van der Waals surface area contributed by atoms with Crippen LogP contribution in [0.4, 0.5) is 10.3 Å². The summed E-state index contributed by atoms with van der Waals surface area (Å²) in [5, 5.41) is 4.04. The lowest BCUT2D eigenvalue weighted by Gasteiger charge is -2.20. The Morgan fingerprint density at radius 2 is 2.11 bits per heavy atom. The Labute approximate surface area is 106 Å². The van der Waals surface area contributed by atoms with Gasteiger partial charge in [-0.1, -0.05) is 38.1 Å². The van der Waals surface area contributed by atoms with Gasteiger partial charge in [-0.05, 0) is 24.1 Å². The summed E-state index contributed by atoms with van der Waals surface area (Å²) in [7, 11) is 0. The molecule has 1 heterocycles. The molecule has 0 unspecified atom stereocenters. The number of halogens is 1. The fourth-order valence-corrected chi connectivity index (χ4v) is 1.86. The van der Waals surface area contributed by atoms with Crippen LogP contribution >= 0.6 is 0 Å². The lowest BCUT2D eigenvalue weighted by Crippen LogP contribution is -2.17. The number of benzene rings is 1. The number of nitrogen functional groups attached to an aromatic ring is 1. The molecular weight excluding hydrogens is 231 g/mol. The third-order valence-electron chi connectivity index (χ3n) is 3.36. The molecule has 4 heteroatoms. The van der Waals surface area contributed by atoms with Gasteiger partial charge < -0.3 is 10.3 Å². The molecule has 0 bridgehead atoms. The zero-order chi connectivity index (χ0) is 13.3. The molecule has 0 saturated heterocycles. The molecule has 1 aromatic heterocycles. The van der Waals surface area contributed by atoms with Gasteiger partial charge in [-0.3, -0.25) is 0 Å². The Morgan fingerprint density at radius 3 is 2.72 bits per heavy atom. The van der Waals surface area contributed by atoms with Crippen LogP contribution in [0.1, 0.15) is 32.9 Å². The lowest BCUT2D eigenvalue weighted by atomic mass is 9.83. The monoisotopic (exact) mass is 248 g/mol. The maximum absolute atomic E-state index is 13.3. The number of nitrogens with zero attached hydrogens (tertiary/aromatic N) is 1. The van der Waals surface area contributed by atoms with Crippen molar-refractivity contribution >= 4 is 5.88 Å². The van der Waals surface area contributed by atoms with Gasteiger partial charge in [-0.25, -0.2) is 4.39 Å². The van der Waals surface area contributed by atoms with Gasteiger partial charge in [-0.2, -0.15) is 0 Å². The van der Waals surface area contributed by atoms with Crippen molar-refractivity contribution in [3.8, 4) is 11.1 Å². The molecule has 3 nitrogen and oxygen atoms in total. The van der Waals surface area contributed by atoms with Crippen molar-refractivity contribution in [3.63, 3.8) is 0 Å². The molecule has 0 amide bonds. The average molecular weight is 248 g/mol. The molecule has 2 rings (SSSR count). The molecule has 1 aromatic carbocycles. The van der Waals surface area contributed by atoms with Crippen molar-refractivity contribution in [1.29, 1.82) is 0 Å². The van der Waals surface area contributed by atoms with E-state index in [1.165, 1.54) is 12.1 Å². The Morgan fingerprint density at radius 1 is 1.39 bits per heavy atom. The second-order valence-corrected chi connectivity index (χ2v) is 5.02. The van der Waals surface area contributed by atoms with E-state index in [4.69, 9.17) is 10.3 Å². The zero-order valence-corrected chi connectivity index (χ0v) is 10.8. The summed E-state index contributed by atoms with van der Waals surface area (Å²) in [6.07, 6.45) is 0.890. The van der Waals surface area contributed by atoms with E-state index < -0.39 is 0 Å². The molecule has 0 radical (unpaired) electrons. The summed E-state index contributed by atoms with van der Waals surface area (Å²) in [5.41, 5.74) is 7.83. The van der Waals surface area contributed by atoms with Crippen molar-refractivity contribution in [2.24, 2.45) is 0 Å². The van der Waals surface area contributed by atoms with Crippen molar-refractivity contribution in [2.75, 3.05) is 5.73 Å². The second kappa shape index (κ2) is 4.44. The predicted molar refractivity (Wildman–Crippen MR) is 69.6 cm³/mol. The van der Waals surface area contributed by atoms with Crippen molar-refractivity contribution < 1.29 is 8.91 Å². The number of hydrogen-bond acceptors (Lipinski definition) is 3. The van der Waals surface area contributed by atoms with Gasteiger partial charge >= 0.3 is 0 Å². The zero-order valence-electron chi connectivity index (χ0n) is 10.8. The molecule has 2 N–H and O–H groups in total. The average Bonchev–Trinajstić information content (AvgIpc) is 2.72. The molecule has 0 aliphatic heterocycles. The smallest absolute Gasteiger partial charge is 0.230 e. The topological polar surface area (TPSA) is 52.0 Å². The van der Waals surface area contributed by atoms with Crippen LogP contribution in [0.15, 0.2) is 28.8 Å². The second-order valence-electron chi connectivity index (χ2n) is 5.02. The highest BCUT2D eigenvalue weighted by molar-refractivity contribution is 5.76. The molecule has 0 aliphatic carbocycles. The van der Waals surface area contributed by atoms with Crippen molar-refractivity contribution in [1.82, 2.24) is 5.16 Å². The maximum Gasteiger partial charge on any atom is 0.230 e. The predicted octanol–water partition coefficient (Wildman–Crippen LogP) is 3.75. The largest absolute Gasteiger partial charge is 0.367 e. The van der Waals surface area contributed by atoms with Gasteiger partial charge in [0.2, 0.25) is 5.88 Å². The summed E-state index contributed by atoms with van der Waals surface area (Å²) in [4.78, 5) is 0. The molecular formula is C14H17FN2O. The minimum atomic E-state index is -0.298. The molecule has 0 aliphatic rings. The summed E-state index contributed by atoms with van der Waals surface area (Å²) in [6, 6.07) is 6.30. The normalized spacial score (nSPS) is 11.8. The summed E-state index contributed by atoms with van der Waals surface area (Å²) in [5.74, 6) is -0.0644. The first-order chi connectivity index (χ1) is 8.45. The van der Waals surface area contributed by atoms with Gasteiger partial charge in [0, 0.05) is 5.41 Å². The molecule has 2 aromatic rings. The maximum atomic E-state index is 13.3. The van der Waals surface area contributed by atoms with Crippen LogP contribution in [-0.4, -0.2) is 5.16 Å². The summed E-state index contributed by atoms with van der Waals surface area (Å²) >= 11 is 0. The number of aromatic nitrogens is 1. The highest BCUT2D eigenvalue weighted by Gasteiger charge is 2.28. The number of rotatable bonds is 3. The van der Waals surface area contributed by atoms with Gasteiger partial charge in [0.05, 0.1) is 11.3 Å². The minimum absolute atomic E-state index is 0.164.